The van der Waals surface area contributed by atoms with Crippen LogP contribution >= 0.6 is 0 Å². The van der Waals surface area contributed by atoms with Crippen molar-refractivity contribution in [3.05, 3.63) is 45.7 Å². The third-order valence-corrected chi connectivity index (χ3v) is 3.19. The summed E-state index contributed by atoms with van der Waals surface area (Å²) in [5, 5.41) is 9.50. The number of aromatic amines is 1. The highest BCUT2D eigenvalue weighted by Gasteiger charge is 2.09. The molecule has 4 nitrogen and oxygen atoms in total. The van der Waals surface area contributed by atoms with Gasteiger partial charge in [-0.15, -0.1) is 0 Å². The van der Waals surface area contributed by atoms with E-state index < -0.39 is 11.5 Å². The van der Waals surface area contributed by atoms with Crippen LogP contribution in [0.5, 0.6) is 0 Å². The van der Waals surface area contributed by atoms with Crippen molar-refractivity contribution in [3.63, 3.8) is 0 Å². The number of aryl methyl sites for hydroxylation is 1. The van der Waals surface area contributed by atoms with Crippen LogP contribution in [0.4, 0.5) is 0 Å². The Labute approximate surface area is 124 Å². The Morgan fingerprint density at radius 3 is 2.29 bits per heavy atom. The number of unbranched alkanes of at least 4 members (excludes halogenated alkanes) is 3. The molecule has 2 N–H and O–H groups in total. The number of aromatic nitrogens is 1. The van der Waals surface area contributed by atoms with Gasteiger partial charge in [-0.2, -0.15) is 0 Å². The minimum absolute atomic E-state index is 0.0393. The number of hydrogen-bond acceptors (Lipinski definition) is 2. The van der Waals surface area contributed by atoms with Crippen LogP contribution in [0, 0.1) is 6.92 Å². The molecule has 0 fully saturated rings. The lowest BCUT2D eigenvalue weighted by Crippen LogP contribution is -2.10. The molecule has 0 spiro atoms. The van der Waals surface area contributed by atoms with Crippen molar-refractivity contribution in [1.82, 2.24) is 4.98 Å². The summed E-state index contributed by atoms with van der Waals surface area (Å²) in [6, 6.07) is 6.38. The summed E-state index contributed by atoms with van der Waals surface area (Å²) in [5.41, 5.74) is 1.14. The molecule has 0 aliphatic carbocycles. The number of nitrogens with one attached hydrogen (secondary N) is 1. The van der Waals surface area contributed by atoms with Crippen LogP contribution in [0.2, 0.25) is 0 Å². The average molecular weight is 289 g/mol. The SMILES string of the molecule is CCCCCC.Cc1ccc2[nH]c(=O)cc(C(=O)O)c2c1. The molecule has 2 rings (SSSR count). The number of carbonyl (C=O) groups is 1. The average Bonchev–Trinajstić information content (AvgIpc) is 2.45. The van der Waals surface area contributed by atoms with Crippen LogP contribution in [-0.2, 0) is 0 Å². The Morgan fingerprint density at radius 2 is 1.76 bits per heavy atom. The monoisotopic (exact) mass is 289 g/mol. The first-order valence-electron chi connectivity index (χ1n) is 7.36. The number of fused-ring (bicyclic) bond motifs is 1. The van der Waals surface area contributed by atoms with Gasteiger partial charge in [-0.3, -0.25) is 4.79 Å². The van der Waals surface area contributed by atoms with E-state index in [1.54, 1.807) is 12.1 Å². The second-order valence-electron chi connectivity index (χ2n) is 5.11. The summed E-state index contributed by atoms with van der Waals surface area (Å²) in [5.74, 6) is -1.09. The number of carboxylic acid groups (broad SMARTS) is 1. The molecule has 0 saturated heterocycles. The number of carboxylic acids is 1. The third-order valence-electron chi connectivity index (χ3n) is 3.19. The Balaban J connectivity index is 0.000000315. The molecule has 0 atom stereocenters. The van der Waals surface area contributed by atoms with Crippen molar-refractivity contribution in [2.45, 2.75) is 46.5 Å². The van der Waals surface area contributed by atoms with Crippen molar-refractivity contribution in [2.24, 2.45) is 0 Å². The zero-order chi connectivity index (χ0) is 15.8. The number of pyridine rings is 1. The van der Waals surface area contributed by atoms with Crippen LogP contribution in [0.25, 0.3) is 10.9 Å². The first-order chi connectivity index (χ1) is 9.99. The normalized spacial score (nSPS) is 10.0. The van der Waals surface area contributed by atoms with Crippen molar-refractivity contribution in [1.29, 1.82) is 0 Å². The summed E-state index contributed by atoms with van der Waals surface area (Å²) in [6.07, 6.45) is 5.54. The van der Waals surface area contributed by atoms with E-state index in [2.05, 4.69) is 18.8 Å². The molecule has 1 aromatic heterocycles. The molecule has 4 heteroatoms. The predicted molar refractivity (Wildman–Crippen MR) is 86.1 cm³/mol. The fourth-order valence-corrected chi connectivity index (χ4v) is 2.04. The molecule has 21 heavy (non-hydrogen) atoms. The van der Waals surface area contributed by atoms with Gasteiger partial charge in [0.25, 0.3) is 0 Å². The molecule has 1 aromatic carbocycles. The zero-order valence-corrected chi connectivity index (χ0v) is 12.9. The molecule has 0 bridgehead atoms. The number of aromatic carboxylic acids is 1. The van der Waals surface area contributed by atoms with E-state index in [1.807, 2.05) is 13.0 Å². The number of hydrogen-bond donors (Lipinski definition) is 2. The quantitative estimate of drug-likeness (QED) is 0.832. The number of H-pyrrole nitrogens is 1. The molecule has 2 aromatic rings. The Bertz CT molecular complexity index is 655. The highest BCUT2D eigenvalue weighted by atomic mass is 16.4. The molecule has 0 saturated carbocycles. The maximum absolute atomic E-state index is 11.2. The van der Waals surface area contributed by atoms with Gasteiger partial charge in [0.05, 0.1) is 5.56 Å². The molecule has 0 unspecified atom stereocenters. The molecule has 1 heterocycles. The molecular weight excluding hydrogens is 266 g/mol. The third kappa shape index (κ3) is 5.06. The highest BCUT2D eigenvalue weighted by Crippen LogP contribution is 2.16. The van der Waals surface area contributed by atoms with Crippen LogP contribution in [-0.4, -0.2) is 16.1 Å². The minimum Gasteiger partial charge on any atom is -0.478 e. The Hall–Kier alpha value is -2.10. The van der Waals surface area contributed by atoms with E-state index in [1.165, 1.54) is 25.7 Å². The Morgan fingerprint density at radius 1 is 1.14 bits per heavy atom. The van der Waals surface area contributed by atoms with Gasteiger partial charge < -0.3 is 10.1 Å². The molecule has 0 amide bonds. The lowest BCUT2D eigenvalue weighted by atomic mass is 10.1. The number of benzene rings is 1. The molecule has 0 aliphatic heterocycles. The number of rotatable bonds is 4. The van der Waals surface area contributed by atoms with E-state index in [9.17, 15) is 9.59 Å². The van der Waals surface area contributed by atoms with Gasteiger partial charge in [-0.25, -0.2) is 4.79 Å². The lowest BCUT2D eigenvalue weighted by molar-refractivity contribution is 0.0699. The first-order valence-corrected chi connectivity index (χ1v) is 7.36. The summed E-state index contributed by atoms with van der Waals surface area (Å²) in [7, 11) is 0. The second kappa shape index (κ2) is 8.25. The first kappa shape index (κ1) is 17.0. The van der Waals surface area contributed by atoms with Crippen molar-refractivity contribution in [2.75, 3.05) is 0 Å². The van der Waals surface area contributed by atoms with E-state index in [-0.39, 0.29) is 5.56 Å². The maximum atomic E-state index is 11.2. The molecule has 0 aliphatic rings. The smallest absolute Gasteiger partial charge is 0.336 e. The zero-order valence-electron chi connectivity index (χ0n) is 12.9. The van der Waals surface area contributed by atoms with E-state index in [4.69, 9.17) is 5.11 Å². The van der Waals surface area contributed by atoms with Crippen LogP contribution < -0.4 is 5.56 Å². The van der Waals surface area contributed by atoms with Gasteiger partial charge in [0.1, 0.15) is 0 Å². The minimum atomic E-state index is -1.09. The maximum Gasteiger partial charge on any atom is 0.336 e. The fraction of sp³-hybridized carbons (Fsp3) is 0.412. The van der Waals surface area contributed by atoms with Crippen molar-refractivity contribution >= 4 is 16.9 Å². The van der Waals surface area contributed by atoms with Gasteiger partial charge >= 0.3 is 5.97 Å². The van der Waals surface area contributed by atoms with E-state index in [0.29, 0.717) is 10.9 Å². The van der Waals surface area contributed by atoms with Gasteiger partial charge in [0, 0.05) is 17.0 Å². The fourth-order valence-electron chi connectivity index (χ4n) is 2.04. The summed E-state index contributed by atoms with van der Waals surface area (Å²) < 4.78 is 0. The van der Waals surface area contributed by atoms with Crippen LogP contribution in [0.15, 0.2) is 29.1 Å². The van der Waals surface area contributed by atoms with Crippen LogP contribution in [0.3, 0.4) is 0 Å². The topological polar surface area (TPSA) is 70.2 Å². The predicted octanol–water partition coefficient (Wildman–Crippen LogP) is 4.12. The highest BCUT2D eigenvalue weighted by molar-refractivity contribution is 6.02. The van der Waals surface area contributed by atoms with Gasteiger partial charge in [0.2, 0.25) is 5.56 Å². The van der Waals surface area contributed by atoms with Crippen LogP contribution in [0.1, 0.15) is 55.5 Å². The molecule has 0 radical (unpaired) electrons. The van der Waals surface area contributed by atoms with Crippen molar-refractivity contribution < 1.29 is 9.90 Å². The van der Waals surface area contributed by atoms with E-state index >= 15 is 0 Å². The van der Waals surface area contributed by atoms with Gasteiger partial charge in [0.15, 0.2) is 0 Å². The standard InChI is InChI=1S/C11H9NO3.C6H14/c1-6-2-3-9-7(4-6)8(11(14)15)5-10(13)12-9;1-3-5-6-4-2/h2-5H,1H3,(H,12,13)(H,14,15);3-6H2,1-2H3. The second-order valence-corrected chi connectivity index (χ2v) is 5.11. The summed E-state index contributed by atoms with van der Waals surface area (Å²) in [6.45, 7) is 6.33. The van der Waals surface area contributed by atoms with Gasteiger partial charge in [-0.1, -0.05) is 51.2 Å². The van der Waals surface area contributed by atoms with E-state index in [0.717, 1.165) is 11.6 Å². The lowest BCUT2D eigenvalue weighted by Gasteiger charge is -2.02. The van der Waals surface area contributed by atoms with Crippen molar-refractivity contribution in [3.8, 4) is 0 Å². The largest absolute Gasteiger partial charge is 0.478 e. The van der Waals surface area contributed by atoms with Gasteiger partial charge in [-0.05, 0) is 19.1 Å². The molecule has 114 valence electrons. The summed E-state index contributed by atoms with van der Waals surface area (Å²) >= 11 is 0. The summed E-state index contributed by atoms with van der Waals surface area (Å²) in [4.78, 5) is 24.7. The molecular formula is C17H23NO3. The Kier molecular flexibility index (Phi) is 6.66.